The topological polar surface area (TPSA) is 79.0 Å². The first-order chi connectivity index (χ1) is 19.4. The summed E-state index contributed by atoms with van der Waals surface area (Å²) in [7, 11) is 0. The number of rotatable bonds is 5. The molecule has 3 aromatic carbocycles. The number of carbonyl (C=O) groups excluding carboxylic acids is 1. The Morgan fingerprint density at radius 3 is 2.30 bits per heavy atom. The van der Waals surface area contributed by atoms with Crippen molar-refractivity contribution in [3.05, 3.63) is 109 Å². The van der Waals surface area contributed by atoms with Crippen LogP contribution in [0.2, 0.25) is 10.0 Å². The second-order valence-electron chi connectivity index (χ2n) is 10.5. The molecule has 0 N–H and O–H groups in total. The molecule has 6 rings (SSSR count). The number of allylic oxidation sites excluding steroid dienone is 1. The first-order valence-electron chi connectivity index (χ1n) is 13.6. The van der Waals surface area contributed by atoms with Gasteiger partial charge in [-0.1, -0.05) is 47.5 Å². The van der Waals surface area contributed by atoms with Crippen molar-refractivity contribution in [3.63, 3.8) is 0 Å². The van der Waals surface area contributed by atoms with Crippen LogP contribution in [0, 0.1) is 16.0 Å². The maximum absolute atomic E-state index is 14.1. The maximum Gasteiger partial charge on any atom is 0.293 e. The minimum Gasteiger partial charge on any atom is -0.366 e. The van der Waals surface area contributed by atoms with Crippen LogP contribution in [0.4, 0.5) is 11.4 Å². The molecule has 0 spiro atoms. The lowest BCUT2D eigenvalue weighted by Crippen LogP contribution is -2.32. The number of fused-ring (bicyclic) bond motifs is 1. The zero-order valence-electron chi connectivity index (χ0n) is 21.8. The van der Waals surface area contributed by atoms with Gasteiger partial charge < -0.3 is 4.90 Å². The zero-order chi connectivity index (χ0) is 27.8. The van der Waals surface area contributed by atoms with Gasteiger partial charge in [0.15, 0.2) is 0 Å². The summed E-state index contributed by atoms with van der Waals surface area (Å²) in [6, 6.07) is 19.6. The highest BCUT2D eigenvalue weighted by molar-refractivity contribution is 6.30. The van der Waals surface area contributed by atoms with Crippen molar-refractivity contribution >= 4 is 52.3 Å². The van der Waals surface area contributed by atoms with Crippen LogP contribution >= 0.6 is 23.2 Å². The Bertz CT molecular complexity index is 1510. The molecule has 3 aliphatic rings. The van der Waals surface area contributed by atoms with Crippen LogP contribution in [0.3, 0.4) is 0 Å². The number of carbonyl (C=O) groups is 1. The fourth-order valence-electron chi connectivity index (χ4n) is 6.08. The number of hydrogen-bond donors (Lipinski definition) is 0. The van der Waals surface area contributed by atoms with Crippen LogP contribution in [-0.4, -0.2) is 34.6 Å². The maximum atomic E-state index is 14.1. The van der Waals surface area contributed by atoms with Crippen LogP contribution in [0.15, 0.2) is 77.4 Å². The van der Waals surface area contributed by atoms with Crippen molar-refractivity contribution in [1.82, 2.24) is 5.01 Å². The molecule has 2 atom stereocenters. The van der Waals surface area contributed by atoms with Crippen LogP contribution in [0.25, 0.3) is 6.08 Å². The van der Waals surface area contributed by atoms with Gasteiger partial charge in [0.25, 0.3) is 11.6 Å². The highest BCUT2D eigenvalue weighted by Crippen LogP contribution is 2.45. The summed E-state index contributed by atoms with van der Waals surface area (Å²) in [6.45, 7) is 1.55. The molecule has 0 aromatic heterocycles. The van der Waals surface area contributed by atoms with E-state index in [0.717, 1.165) is 67.6 Å². The van der Waals surface area contributed by atoms with Gasteiger partial charge in [-0.2, -0.15) is 5.10 Å². The summed E-state index contributed by atoms with van der Waals surface area (Å²) in [4.78, 5) is 27.7. The van der Waals surface area contributed by atoms with Gasteiger partial charge in [-0.05, 0) is 91.3 Å². The zero-order valence-corrected chi connectivity index (χ0v) is 23.3. The predicted octanol–water partition coefficient (Wildman–Crippen LogP) is 7.94. The van der Waals surface area contributed by atoms with E-state index in [9.17, 15) is 14.9 Å². The van der Waals surface area contributed by atoms with Gasteiger partial charge in [-0.3, -0.25) is 14.9 Å². The van der Waals surface area contributed by atoms with Gasteiger partial charge in [0.05, 0.1) is 16.7 Å². The summed E-state index contributed by atoms with van der Waals surface area (Å²) >= 11 is 12.3. The molecule has 7 nitrogen and oxygen atoms in total. The molecule has 0 radical (unpaired) electrons. The molecule has 40 heavy (non-hydrogen) atoms. The Morgan fingerprint density at radius 1 is 0.950 bits per heavy atom. The van der Waals surface area contributed by atoms with E-state index in [1.54, 1.807) is 12.1 Å². The Kier molecular flexibility index (Phi) is 7.34. The van der Waals surface area contributed by atoms with E-state index in [0.29, 0.717) is 15.7 Å². The fourth-order valence-corrected chi connectivity index (χ4v) is 6.33. The smallest absolute Gasteiger partial charge is 0.293 e. The number of benzene rings is 3. The minimum atomic E-state index is -0.399. The predicted molar refractivity (Wildman–Crippen MR) is 159 cm³/mol. The Labute approximate surface area is 242 Å². The third-order valence-corrected chi connectivity index (χ3v) is 8.50. The molecule has 1 aliphatic carbocycles. The molecule has 2 fully saturated rings. The molecule has 3 aromatic rings. The van der Waals surface area contributed by atoms with Gasteiger partial charge in [0, 0.05) is 40.7 Å². The van der Waals surface area contributed by atoms with E-state index in [-0.39, 0.29) is 29.1 Å². The number of hydrogen-bond acceptors (Lipinski definition) is 5. The summed E-state index contributed by atoms with van der Waals surface area (Å²) in [5.41, 5.74) is 4.67. The van der Waals surface area contributed by atoms with E-state index in [4.69, 9.17) is 28.3 Å². The van der Waals surface area contributed by atoms with Crippen LogP contribution in [0.5, 0.6) is 0 Å². The Balaban J connectivity index is 1.41. The molecular weight excluding hydrogens is 547 g/mol. The van der Waals surface area contributed by atoms with Crippen LogP contribution < -0.4 is 4.90 Å². The highest BCUT2D eigenvalue weighted by Gasteiger charge is 2.44. The Morgan fingerprint density at radius 2 is 1.62 bits per heavy atom. The lowest BCUT2D eigenvalue weighted by atomic mass is 9.77. The number of halogens is 2. The lowest BCUT2D eigenvalue weighted by Gasteiger charge is -2.29. The molecule has 1 saturated carbocycles. The molecule has 1 saturated heterocycles. The lowest BCUT2D eigenvalue weighted by molar-refractivity contribution is -0.384. The summed E-state index contributed by atoms with van der Waals surface area (Å²) in [5.74, 6) is -0.361. The van der Waals surface area contributed by atoms with Crippen molar-refractivity contribution in [2.45, 2.75) is 38.1 Å². The number of hydrazone groups is 1. The van der Waals surface area contributed by atoms with Gasteiger partial charge >= 0.3 is 0 Å². The molecule has 0 unspecified atom stereocenters. The van der Waals surface area contributed by atoms with Crippen molar-refractivity contribution in [3.8, 4) is 0 Å². The number of amides is 1. The first kappa shape index (κ1) is 26.5. The normalized spacial score (nSPS) is 21.4. The first-order valence-corrected chi connectivity index (χ1v) is 14.3. The van der Waals surface area contributed by atoms with Gasteiger partial charge in [0.1, 0.15) is 5.69 Å². The molecule has 2 heterocycles. The standard InChI is InChI=1S/C31H28Cl2N4O3/c32-24-11-6-20(7-12-24)18-22-4-3-5-26-29(22)34-36(30(26)21-8-13-25(33)14-9-21)31(38)23-10-15-27(28(19-23)37(39)40)35-16-1-2-17-35/h6-15,18-19,26,30H,1-5,16-17H2/b22-18+/t26-,30+/m1/s1. The summed E-state index contributed by atoms with van der Waals surface area (Å²) in [5, 5.41) is 19.8. The highest BCUT2D eigenvalue weighted by atomic mass is 35.5. The molecular formula is C31H28Cl2N4O3. The number of anilines is 1. The van der Waals surface area contributed by atoms with E-state index >= 15 is 0 Å². The Hall–Kier alpha value is -3.68. The minimum absolute atomic E-state index is 0.00344. The second-order valence-corrected chi connectivity index (χ2v) is 11.4. The fraction of sp³-hybridized carbons (Fsp3) is 0.290. The van der Waals surface area contributed by atoms with E-state index in [1.165, 1.54) is 11.1 Å². The number of nitro groups is 1. The van der Waals surface area contributed by atoms with E-state index in [1.807, 2.05) is 53.4 Å². The third kappa shape index (κ3) is 5.11. The van der Waals surface area contributed by atoms with E-state index < -0.39 is 4.92 Å². The van der Waals surface area contributed by atoms with Gasteiger partial charge in [-0.15, -0.1) is 0 Å². The summed E-state index contributed by atoms with van der Waals surface area (Å²) in [6.07, 6.45) is 6.80. The molecule has 204 valence electrons. The average Bonchev–Trinajstić information content (AvgIpc) is 3.63. The number of nitrogens with zero attached hydrogens (tertiary/aromatic N) is 4. The molecule has 1 amide bonds. The van der Waals surface area contributed by atoms with Crippen LogP contribution in [0.1, 0.15) is 59.6 Å². The average molecular weight is 575 g/mol. The third-order valence-electron chi connectivity index (χ3n) is 8.00. The molecule has 2 aliphatic heterocycles. The van der Waals surface area contributed by atoms with Gasteiger partial charge in [-0.25, -0.2) is 5.01 Å². The number of nitro benzene ring substituents is 1. The summed E-state index contributed by atoms with van der Waals surface area (Å²) < 4.78 is 0. The monoisotopic (exact) mass is 574 g/mol. The van der Waals surface area contributed by atoms with Crippen molar-refractivity contribution in [2.75, 3.05) is 18.0 Å². The van der Waals surface area contributed by atoms with E-state index in [2.05, 4.69) is 6.08 Å². The van der Waals surface area contributed by atoms with Gasteiger partial charge in [0.2, 0.25) is 0 Å². The van der Waals surface area contributed by atoms with Crippen molar-refractivity contribution < 1.29 is 9.72 Å². The van der Waals surface area contributed by atoms with Crippen molar-refractivity contribution in [2.24, 2.45) is 11.0 Å². The quantitative estimate of drug-likeness (QED) is 0.229. The van der Waals surface area contributed by atoms with Crippen LogP contribution in [-0.2, 0) is 0 Å². The largest absolute Gasteiger partial charge is 0.366 e. The second kappa shape index (κ2) is 11.1. The molecule has 9 heteroatoms. The SMILES string of the molecule is O=C(c1ccc(N2CCCC2)c([N+](=O)[O-])c1)N1N=C2/C(=C/c3ccc(Cl)cc3)CCC[C@H]2[C@@H]1c1ccc(Cl)cc1. The van der Waals surface area contributed by atoms with Crippen molar-refractivity contribution in [1.29, 1.82) is 0 Å². The molecule has 0 bridgehead atoms.